The van der Waals surface area contributed by atoms with Gasteiger partial charge in [-0.25, -0.2) is 0 Å². The van der Waals surface area contributed by atoms with Gasteiger partial charge in [-0.15, -0.1) is 0 Å². The maximum Gasteiger partial charge on any atom is 0.254 e. The van der Waals surface area contributed by atoms with Crippen molar-refractivity contribution in [3.63, 3.8) is 0 Å². The summed E-state index contributed by atoms with van der Waals surface area (Å²) in [5.74, 6) is 0.526. The van der Waals surface area contributed by atoms with Gasteiger partial charge in [-0.05, 0) is 49.7 Å². The van der Waals surface area contributed by atoms with Crippen molar-refractivity contribution in [2.24, 2.45) is 11.7 Å². The zero-order valence-electron chi connectivity index (χ0n) is 16.3. The highest BCUT2D eigenvalue weighted by atomic mass is 16.5. The van der Waals surface area contributed by atoms with Crippen molar-refractivity contribution in [3.8, 4) is 5.75 Å². The van der Waals surface area contributed by atoms with Crippen molar-refractivity contribution in [1.29, 1.82) is 0 Å². The van der Waals surface area contributed by atoms with Crippen LogP contribution in [0.25, 0.3) is 5.52 Å². The van der Waals surface area contributed by atoms with Gasteiger partial charge in [-0.1, -0.05) is 6.07 Å². The van der Waals surface area contributed by atoms with Crippen LogP contribution in [-0.4, -0.2) is 57.6 Å². The average molecular weight is 394 g/mol. The SMILES string of the molecule is NCCCOc1cccc(C(=O)N2C[C@H](Cc3cn4cccc4cn3)[C@H](O)C2)c1. The number of carbonyl (C=O) groups is 1. The number of benzene rings is 1. The van der Waals surface area contributed by atoms with Gasteiger partial charge in [0.05, 0.1) is 30.1 Å². The molecule has 3 heterocycles. The molecule has 0 aliphatic carbocycles. The second-order valence-electron chi connectivity index (χ2n) is 7.48. The van der Waals surface area contributed by atoms with Gasteiger partial charge < -0.3 is 24.9 Å². The molecule has 1 aromatic carbocycles. The van der Waals surface area contributed by atoms with E-state index >= 15 is 0 Å². The number of aliphatic hydroxyl groups is 1. The summed E-state index contributed by atoms with van der Waals surface area (Å²) in [5, 5.41) is 10.5. The fourth-order valence-corrected chi connectivity index (χ4v) is 3.75. The largest absolute Gasteiger partial charge is 0.494 e. The Morgan fingerprint density at radius 1 is 1.28 bits per heavy atom. The predicted octanol–water partition coefficient (Wildman–Crippen LogP) is 1.74. The lowest BCUT2D eigenvalue weighted by atomic mass is 10.0. The van der Waals surface area contributed by atoms with Crippen LogP contribution in [0.2, 0.25) is 0 Å². The number of hydrogen-bond donors (Lipinski definition) is 2. The van der Waals surface area contributed by atoms with Gasteiger partial charge in [0.25, 0.3) is 5.91 Å². The molecule has 3 N–H and O–H groups in total. The molecular formula is C22H26N4O3. The number of hydrogen-bond acceptors (Lipinski definition) is 5. The molecular weight excluding hydrogens is 368 g/mol. The molecule has 1 saturated heterocycles. The average Bonchev–Trinajstić information content (AvgIpc) is 3.34. The summed E-state index contributed by atoms with van der Waals surface area (Å²) >= 11 is 0. The van der Waals surface area contributed by atoms with Crippen LogP contribution < -0.4 is 10.5 Å². The molecule has 29 heavy (non-hydrogen) atoms. The fourth-order valence-electron chi connectivity index (χ4n) is 3.75. The molecule has 1 aliphatic heterocycles. The lowest BCUT2D eigenvalue weighted by molar-refractivity contribution is 0.0764. The molecule has 0 unspecified atom stereocenters. The standard InChI is InChI=1S/C22H26N4O3/c23-7-3-9-29-20-6-1-4-16(11-20)22(28)26-13-17(21(27)15-26)10-18-14-25-8-2-5-19(25)12-24-18/h1-2,4-6,8,11-12,14,17,21,27H,3,7,9-10,13,15,23H2/t17-,21+/m0/s1. The zero-order valence-corrected chi connectivity index (χ0v) is 16.3. The third-order valence-corrected chi connectivity index (χ3v) is 5.33. The molecule has 0 saturated carbocycles. The van der Waals surface area contributed by atoms with Crippen LogP contribution in [-0.2, 0) is 6.42 Å². The fraction of sp³-hybridized carbons (Fsp3) is 0.364. The van der Waals surface area contributed by atoms with E-state index in [-0.39, 0.29) is 11.8 Å². The van der Waals surface area contributed by atoms with E-state index < -0.39 is 6.10 Å². The second-order valence-corrected chi connectivity index (χ2v) is 7.48. The van der Waals surface area contributed by atoms with Gasteiger partial charge in [0.1, 0.15) is 5.75 Å². The Labute approximate surface area is 169 Å². The molecule has 7 nitrogen and oxygen atoms in total. The normalized spacial score (nSPS) is 19.0. The lowest BCUT2D eigenvalue weighted by Crippen LogP contribution is -2.29. The van der Waals surface area contributed by atoms with Crippen LogP contribution in [0.5, 0.6) is 5.75 Å². The van der Waals surface area contributed by atoms with E-state index in [1.165, 1.54) is 0 Å². The van der Waals surface area contributed by atoms with E-state index in [0.29, 0.717) is 44.0 Å². The number of ether oxygens (including phenoxy) is 1. The quantitative estimate of drug-likeness (QED) is 0.596. The first kappa shape index (κ1) is 19.4. The maximum atomic E-state index is 12.9. The van der Waals surface area contributed by atoms with Crippen LogP contribution >= 0.6 is 0 Å². The Morgan fingerprint density at radius 3 is 3.03 bits per heavy atom. The van der Waals surface area contributed by atoms with Gasteiger partial charge in [0.2, 0.25) is 0 Å². The Bertz CT molecular complexity index is 987. The van der Waals surface area contributed by atoms with Crippen molar-refractivity contribution >= 4 is 11.4 Å². The molecule has 2 aromatic heterocycles. The summed E-state index contributed by atoms with van der Waals surface area (Å²) < 4.78 is 7.66. The van der Waals surface area contributed by atoms with Crippen LogP contribution in [0.1, 0.15) is 22.5 Å². The second kappa shape index (κ2) is 8.63. The Hall–Kier alpha value is -2.90. The minimum Gasteiger partial charge on any atom is -0.494 e. The Balaban J connectivity index is 1.41. The topological polar surface area (TPSA) is 93.1 Å². The van der Waals surface area contributed by atoms with E-state index in [2.05, 4.69) is 4.98 Å². The van der Waals surface area contributed by atoms with Gasteiger partial charge in [-0.2, -0.15) is 0 Å². The van der Waals surface area contributed by atoms with Crippen molar-refractivity contribution in [2.75, 3.05) is 26.2 Å². The number of likely N-dealkylation sites (tertiary alicyclic amines) is 1. The molecule has 0 radical (unpaired) electrons. The number of aliphatic hydroxyl groups excluding tert-OH is 1. The van der Waals surface area contributed by atoms with Gasteiger partial charge >= 0.3 is 0 Å². The molecule has 1 aliphatic rings. The Kier molecular flexibility index (Phi) is 5.78. The number of nitrogens with zero attached hydrogens (tertiary/aromatic N) is 3. The first-order valence-corrected chi connectivity index (χ1v) is 9.96. The number of fused-ring (bicyclic) bond motifs is 1. The highest BCUT2D eigenvalue weighted by Gasteiger charge is 2.34. The number of carbonyl (C=O) groups excluding carboxylic acids is 1. The van der Waals surface area contributed by atoms with Crippen LogP contribution in [0, 0.1) is 5.92 Å². The first-order valence-electron chi connectivity index (χ1n) is 9.96. The molecule has 0 spiro atoms. The van der Waals surface area contributed by atoms with Crippen LogP contribution in [0.15, 0.2) is 55.0 Å². The summed E-state index contributed by atoms with van der Waals surface area (Å²) in [7, 11) is 0. The minimum absolute atomic E-state index is 0.0385. The van der Waals surface area contributed by atoms with Gasteiger partial charge in [0, 0.05) is 37.0 Å². The third kappa shape index (κ3) is 4.41. The smallest absolute Gasteiger partial charge is 0.254 e. The maximum absolute atomic E-state index is 12.9. The van der Waals surface area contributed by atoms with E-state index in [0.717, 1.165) is 17.6 Å². The molecule has 1 amide bonds. The molecule has 7 heteroatoms. The minimum atomic E-state index is -0.565. The van der Waals surface area contributed by atoms with Gasteiger partial charge in [-0.3, -0.25) is 9.78 Å². The molecule has 152 valence electrons. The number of nitrogens with two attached hydrogens (primary N) is 1. The highest BCUT2D eigenvalue weighted by Crippen LogP contribution is 2.24. The van der Waals surface area contributed by atoms with Crippen LogP contribution in [0.4, 0.5) is 0 Å². The Morgan fingerprint density at radius 2 is 2.17 bits per heavy atom. The van der Waals surface area contributed by atoms with Crippen molar-refractivity contribution < 1.29 is 14.6 Å². The summed E-state index contributed by atoms with van der Waals surface area (Å²) in [6.45, 7) is 1.92. The molecule has 1 fully saturated rings. The van der Waals surface area contributed by atoms with E-state index in [9.17, 15) is 9.90 Å². The van der Waals surface area contributed by atoms with Crippen molar-refractivity contribution in [2.45, 2.75) is 18.9 Å². The van der Waals surface area contributed by atoms with Crippen molar-refractivity contribution in [1.82, 2.24) is 14.3 Å². The van der Waals surface area contributed by atoms with E-state index in [1.807, 2.05) is 47.3 Å². The molecule has 3 aromatic rings. The summed E-state index contributed by atoms with van der Waals surface area (Å²) in [6, 6.07) is 11.1. The number of aromatic nitrogens is 2. The molecule has 0 bridgehead atoms. The van der Waals surface area contributed by atoms with E-state index in [1.54, 1.807) is 17.0 Å². The van der Waals surface area contributed by atoms with Gasteiger partial charge in [0.15, 0.2) is 0 Å². The predicted molar refractivity (Wildman–Crippen MR) is 110 cm³/mol. The number of amides is 1. The van der Waals surface area contributed by atoms with Crippen molar-refractivity contribution in [3.05, 3.63) is 66.2 Å². The summed E-state index contributed by atoms with van der Waals surface area (Å²) in [6.07, 6.45) is 6.61. The summed E-state index contributed by atoms with van der Waals surface area (Å²) in [4.78, 5) is 19.1. The zero-order chi connectivity index (χ0) is 20.2. The highest BCUT2D eigenvalue weighted by molar-refractivity contribution is 5.94. The summed E-state index contributed by atoms with van der Waals surface area (Å²) in [5.41, 5.74) is 7.99. The molecule has 4 rings (SSSR count). The number of rotatable bonds is 7. The third-order valence-electron chi connectivity index (χ3n) is 5.33. The van der Waals surface area contributed by atoms with Crippen LogP contribution in [0.3, 0.4) is 0 Å². The first-order chi connectivity index (χ1) is 14.1. The molecule has 2 atom stereocenters. The monoisotopic (exact) mass is 394 g/mol. The van der Waals surface area contributed by atoms with E-state index in [4.69, 9.17) is 10.5 Å². The number of β-amino-alcohol motifs (C(OH)–C–C–N with tert-alkyl or cyclic N) is 1. The lowest BCUT2D eigenvalue weighted by Gasteiger charge is -2.17.